The Morgan fingerprint density at radius 3 is 2.45 bits per heavy atom. The minimum Gasteiger partial charge on any atom is -0.504 e. The van der Waals surface area contributed by atoms with Crippen molar-refractivity contribution < 1.29 is 23.8 Å². The number of fused-ring (bicyclic) bond motifs is 1. The highest BCUT2D eigenvalue weighted by Gasteiger charge is 2.34. The molecule has 0 bridgehead atoms. The topological polar surface area (TPSA) is 110 Å². The number of para-hydroxylation sites is 1. The van der Waals surface area contributed by atoms with Crippen LogP contribution in [0.25, 0.3) is 11.0 Å². The summed E-state index contributed by atoms with van der Waals surface area (Å²) in [5, 5.41) is 21.7. The van der Waals surface area contributed by atoms with E-state index in [2.05, 4.69) is 15.6 Å². The molecule has 2 N–H and O–H groups in total. The molecule has 40 heavy (non-hydrogen) atoms. The standard InChI is InChI=1S/C30H26FN5O4/c1-40-27-16-11-21(17-26(27)37)29(30(39)32-18-20-7-3-2-4-8-20)36(23-14-12-22(31)13-15-23)28(38)19-35-25-10-6-5-9-24(25)33-34-35/h2-17,29,37H,18-19H2,1H3,(H,32,39)/t29-/m0/s1. The first kappa shape index (κ1) is 26.4. The highest BCUT2D eigenvalue weighted by molar-refractivity contribution is 6.01. The molecule has 5 aromatic rings. The van der Waals surface area contributed by atoms with Gasteiger partial charge >= 0.3 is 0 Å². The molecule has 5 rings (SSSR count). The van der Waals surface area contributed by atoms with Crippen LogP contribution in [-0.4, -0.2) is 39.0 Å². The predicted molar refractivity (Wildman–Crippen MR) is 147 cm³/mol. The van der Waals surface area contributed by atoms with E-state index in [1.165, 1.54) is 53.1 Å². The number of amides is 2. The number of aromatic nitrogens is 3. The Balaban J connectivity index is 1.57. The van der Waals surface area contributed by atoms with E-state index in [0.717, 1.165) is 5.56 Å². The van der Waals surface area contributed by atoms with Gasteiger partial charge in [0.05, 0.1) is 12.6 Å². The maximum atomic E-state index is 14.0. The molecule has 4 aromatic carbocycles. The van der Waals surface area contributed by atoms with Crippen molar-refractivity contribution in [1.29, 1.82) is 0 Å². The van der Waals surface area contributed by atoms with Gasteiger partial charge in [0.15, 0.2) is 11.5 Å². The Morgan fingerprint density at radius 2 is 1.73 bits per heavy atom. The van der Waals surface area contributed by atoms with Crippen molar-refractivity contribution in [3.63, 3.8) is 0 Å². The van der Waals surface area contributed by atoms with E-state index in [4.69, 9.17) is 4.74 Å². The van der Waals surface area contributed by atoms with Gasteiger partial charge in [0, 0.05) is 12.2 Å². The zero-order valence-corrected chi connectivity index (χ0v) is 21.6. The average Bonchev–Trinajstić information content (AvgIpc) is 3.38. The molecule has 2 amide bonds. The summed E-state index contributed by atoms with van der Waals surface area (Å²) in [6.07, 6.45) is 0. The minimum absolute atomic E-state index is 0.199. The average molecular weight is 540 g/mol. The normalized spacial score (nSPS) is 11.7. The lowest BCUT2D eigenvalue weighted by molar-refractivity contribution is -0.127. The third-order valence-corrected chi connectivity index (χ3v) is 6.41. The Kier molecular flexibility index (Phi) is 7.68. The molecule has 1 heterocycles. The summed E-state index contributed by atoms with van der Waals surface area (Å²) in [5.41, 5.74) is 2.72. The van der Waals surface area contributed by atoms with Gasteiger partial charge in [-0.3, -0.25) is 14.5 Å². The van der Waals surface area contributed by atoms with E-state index >= 15 is 0 Å². The molecule has 0 aliphatic heterocycles. The molecule has 0 radical (unpaired) electrons. The smallest absolute Gasteiger partial charge is 0.249 e. The third kappa shape index (κ3) is 5.60. The first-order chi connectivity index (χ1) is 19.4. The maximum absolute atomic E-state index is 14.0. The van der Waals surface area contributed by atoms with E-state index < -0.39 is 23.7 Å². The molecule has 202 valence electrons. The van der Waals surface area contributed by atoms with Gasteiger partial charge in [0.2, 0.25) is 11.8 Å². The number of anilines is 1. The molecular formula is C30H26FN5O4. The molecule has 0 saturated carbocycles. The fourth-order valence-corrected chi connectivity index (χ4v) is 4.45. The second-order valence-corrected chi connectivity index (χ2v) is 9.01. The Morgan fingerprint density at radius 1 is 1.00 bits per heavy atom. The van der Waals surface area contributed by atoms with Crippen LogP contribution in [-0.2, 0) is 22.7 Å². The number of carbonyl (C=O) groups is 2. The minimum atomic E-state index is -1.23. The number of hydrogen-bond donors (Lipinski definition) is 2. The number of nitrogens with zero attached hydrogens (tertiary/aromatic N) is 4. The van der Waals surface area contributed by atoms with E-state index in [1.54, 1.807) is 18.2 Å². The van der Waals surface area contributed by atoms with Gasteiger partial charge in [0.1, 0.15) is 23.9 Å². The number of halogens is 1. The molecule has 0 aliphatic carbocycles. The highest BCUT2D eigenvalue weighted by Crippen LogP contribution is 2.34. The van der Waals surface area contributed by atoms with Crippen LogP contribution in [0.15, 0.2) is 97.1 Å². The molecule has 9 nitrogen and oxygen atoms in total. The SMILES string of the molecule is COc1ccc([C@@H](C(=O)NCc2ccccc2)N(C(=O)Cn2nnc3ccccc32)c2ccc(F)cc2)cc1O. The summed E-state index contributed by atoms with van der Waals surface area (Å²) in [4.78, 5) is 29.1. The number of aromatic hydroxyl groups is 1. The van der Waals surface area contributed by atoms with E-state index in [1.807, 2.05) is 42.5 Å². The summed E-state index contributed by atoms with van der Waals surface area (Å²) >= 11 is 0. The third-order valence-electron chi connectivity index (χ3n) is 6.41. The number of phenolic OH excluding ortho intramolecular Hbond substituents is 1. The van der Waals surface area contributed by atoms with Gasteiger partial charge in [-0.1, -0.05) is 53.7 Å². The lowest BCUT2D eigenvalue weighted by Crippen LogP contribution is -2.45. The zero-order valence-electron chi connectivity index (χ0n) is 21.6. The summed E-state index contributed by atoms with van der Waals surface area (Å²) in [7, 11) is 1.41. The number of rotatable bonds is 9. The number of phenols is 1. The van der Waals surface area contributed by atoms with Gasteiger partial charge in [-0.25, -0.2) is 9.07 Å². The van der Waals surface area contributed by atoms with Crippen LogP contribution in [0.5, 0.6) is 11.5 Å². The summed E-state index contributed by atoms with van der Waals surface area (Å²) < 4.78 is 20.5. The van der Waals surface area contributed by atoms with Gasteiger partial charge in [0.25, 0.3) is 0 Å². The number of ether oxygens (including phenoxy) is 1. The Hall–Kier alpha value is -5.25. The molecule has 0 spiro atoms. The Labute approximate surface area is 229 Å². The lowest BCUT2D eigenvalue weighted by Gasteiger charge is -2.32. The van der Waals surface area contributed by atoms with Crippen LogP contribution in [0.2, 0.25) is 0 Å². The molecule has 0 fully saturated rings. The number of carbonyl (C=O) groups excluding carboxylic acids is 2. The van der Waals surface area contributed by atoms with Gasteiger partial charge < -0.3 is 15.2 Å². The zero-order chi connectivity index (χ0) is 28.1. The fraction of sp³-hybridized carbons (Fsp3) is 0.133. The molecule has 1 aromatic heterocycles. The van der Waals surface area contributed by atoms with Crippen LogP contribution < -0.4 is 15.0 Å². The van der Waals surface area contributed by atoms with Crippen molar-refractivity contribution in [2.24, 2.45) is 0 Å². The van der Waals surface area contributed by atoms with E-state index in [0.29, 0.717) is 16.6 Å². The second kappa shape index (κ2) is 11.6. The van der Waals surface area contributed by atoms with Crippen molar-refractivity contribution in [3.05, 3.63) is 114 Å². The number of benzene rings is 4. The first-order valence-corrected chi connectivity index (χ1v) is 12.5. The fourth-order valence-electron chi connectivity index (χ4n) is 4.45. The van der Waals surface area contributed by atoms with E-state index in [-0.39, 0.29) is 30.3 Å². The molecule has 0 unspecified atom stereocenters. The number of nitrogens with one attached hydrogen (secondary N) is 1. The molecule has 10 heteroatoms. The quantitative estimate of drug-likeness (QED) is 0.288. The van der Waals surface area contributed by atoms with E-state index in [9.17, 15) is 19.1 Å². The van der Waals surface area contributed by atoms with Crippen LogP contribution in [0.3, 0.4) is 0 Å². The summed E-state index contributed by atoms with van der Waals surface area (Å²) in [6.45, 7) is -0.0417. The first-order valence-electron chi connectivity index (χ1n) is 12.5. The van der Waals surface area contributed by atoms with Gasteiger partial charge in [-0.15, -0.1) is 5.10 Å². The van der Waals surface area contributed by atoms with Gasteiger partial charge in [-0.05, 0) is 59.7 Å². The van der Waals surface area contributed by atoms with Crippen molar-refractivity contribution in [1.82, 2.24) is 20.3 Å². The molecule has 0 saturated heterocycles. The molecule has 0 aliphatic rings. The van der Waals surface area contributed by atoms with Crippen molar-refractivity contribution in [2.75, 3.05) is 12.0 Å². The molecular weight excluding hydrogens is 513 g/mol. The van der Waals surface area contributed by atoms with Gasteiger partial charge in [-0.2, -0.15) is 0 Å². The van der Waals surface area contributed by atoms with Crippen LogP contribution in [0.4, 0.5) is 10.1 Å². The number of methoxy groups -OCH3 is 1. The van der Waals surface area contributed by atoms with Crippen LogP contribution in [0, 0.1) is 5.82 Å². The predicted octanol–water partition coefficient (Wildman–Crippen LogP) is 4.38. The maximum Gasteiger partial charge on any atom is 0.249 e. The Bertz CT molecular complexity index is 1640. The van der Waals surface area contributed by atoms with Crippen LogP contribution >= 0.6 is 0 Å². The largest absolute Gasteiger partial charge is 0.504 e. The van der Waals surface area contributed by atoms with Crippen molar-refractivity contribution in [2.45, 2.75) is 19.1 Å². The summed E-state index contributed by atoms with van der Waals surface area (Å²) in [5.74, 6) is -1.49. The van der Waals surface area contributed by atoms with Crippen LogP contribution in [0.1, 0.15) is 17.2 Å². The van der Waals surface area contributed by atoms with Crippen molar-refractivity contribution >= 4 is 28.5 Å². The highest BCUT2D eigenvalue weighted by atomic mass is 19.1. The van der Waals surface area contributed by atoms with Crippen molar-refractivity contribution in [3.8, 4) is 11.5 Å². The lowest BCUT2D eigenvalue weighted by atomic mass is 10.0. The monoisotopic (exact) mass is 539 g/mol. The second-order valence-electron chi connectivity index (χ2n) is 9.01. The molecule has 1 atom stereocenters. The summed E-state index contributed by atoms with van der Waals surface area (Å²) in [6, 6.07) is 25.1. The number of hydrogen-bond acceptors (Lipinski definition) is 6.